The number of carbonyl (C=O) groups excluding carboxylic acids is 1. The second kappa shape index (κ2) is 6.15. The smallest absolute Gasteiger partial charge is 0.264 e. The molecule has 20 heavy (non-hydrogen) atoms. The molecule has 2 aromatic rings. The van der Waals surface area contributed by atoms with Crippen LogP contribution in [0.1, 0.15) is 35.4 Å². The van der Waals surface area contributed by atoms with E-state index in [0.717, 1.165) is 23.1 Å². The first-order valence-electron chi connectivity index (χ1n) is 7.15. The molecule has 106 valence electrons. The Bertz CT molecular complexity index is 570. The van der Waals surface area contributed by atoms with E-state index in [2.05, 4.69) is 12.1 Å². The molecule has 1 aliphatic rings. The minimum absolute atomic E-state index is 0.152. The highest BCUT2D eigenvalue weighted by Gasteiger charge is 2.27. The number of alkyl halides is 1. The van der Waals surface area contributed by atoms with E-state index < -0.39 is 0 Å². The van der Waals surface area contributed by atoms with Gasteiger partial charge in [0.15, 0.2) is 0 Å². The molecule has 1 heterocycles. The van der Waals surface area contributed by atoms with Gasteiger partial charge in [0, 0.05) is 23.2 Å². The van der Waals surface area contributed by atoms with Crippen LogP contribution in [0.3, 0.4) is 0 Å². The van der Waals surface area contributed by atoms with Crippen LogP contribution in [0, 0.1) is 0 Å². The van der Waals surface area contributed by atoms with E-state index in [1.165, 1.54) is 17.5 Å². The lowest BCUT2D eigenvalue weighted by Crippen LogP contribution is -2.39. The fourth-order valence-corrected chi connectivity index (χ4v) is 4.19. The van der Waals surface area contributed by atoms with Crippen LogP contribution in [0.15, 0.2) is 30.3 Å². The van der Waals surface area contributed by atoms with Gasteiger partial charge in [-0.15, -0.1) is 22.9 Å². The lowest BCUT2D eigenvalue weighted by Gasteiger charge is -2.27. The highest BCUT2D eigenvalue weighted by atomic mass is 35.5. The normalized spacial score (nSPS) is 15.8. The molecule has 3 rings (SSSR count). The zero-order valence-corrected chi connectivity index (χ0v) is 12.9. The first-order chi connectivity index (χ1) is 9.79. The fraction of sp³-hybridized carbons (Fsp3) is 0.438. The predicted molar refractivity (Wildman–Crippen MR) is 85.8 cm³/mol. The van der Waals surface area contributed by atoms with Crippen molar-refractivity contribution in [2.24, 2.45) is 0 Å². The summed E-state index contributed by atoms with van der Waals surface area (Å²) in [5.74, 6) is 0.659. The highest BCUT2D eigenvalue weighted by Crippen LogP contribution is 2.29. The maximum Gasteiger partial charge on any atom is 0.264 e. The van der Waals surface area contributed by atoms with E-state index in [1.807, 2.05) is 23.1 Å². The maximum atomic E-state index is 12.8. The molecule has 1 fully saturated rings. The molecule has 0 saturated heterocycles. The molecule has 1 aromatic carbocycles. The van der Waals surface area contributed by atoms with E-state index >= 15 is 0 Å². The molecule has 4 heteroatoms. The summed E-state index contributed by atoms with van der Waals surface area (Å²) in [5.41, 5.74) is 0. The second-order valence-electron chi connectivity index (χ2n) is 5.27. The number of rotatable bonds is 4. The van der Waals surface area contributed by atoms with Gasteiger partial charge in [-0.2, -0.15) is 0 Å². The van der Waals surface area contributed by atoms with Crippen LogP contribution < -0.4 is 0 Å². The average molecular weight is 308 g/mol. The molecule has 0 N–H and O–H groups in total. The molecule has 0 radical (unpaired) electrons. The minimum Gasteiger partial charge on any atom is -0.334 e. The lowest BCUT2D eigenvalue weighted by atomic mass is 10.2. The molecule has 2 nitrogen and oxygen atoms in total. The average Bonchev–Trinajstić information content (AvgIpc) is 3.12. The van der Waals surface area contributed by atoms with Gasteiger partial charge in [0.1, 0.15) is 0 Å². The van der Waals surface area contributed by atoms with Gasteiger partial charge in [0.2, 0.25) is 0 Å². The largest absolute Gasteiger partial charge is 0.334 e. The van der Waals surface area contributed by atoms with E-state index in [-0.39, 0.29) is 5.91 Å². The number of carbonyl (C=O) groups is 1. The van der Waals surface area contributed by atoms with Crippen molar-refractivity contribution in [1.29, 1.82) is 0 Å². The third kappa shape index (κ3) is 2.70. The Labute approximate surface area is 128 Å². The van der Waals surface area contributed by atoms with Crippen molar-refractivity contribution in [2.45, 2.75) is 31.7 Å². The number of thiophene rings is 1. The van der Waals surface area contributed by atoms with Crippen LogP contribution >= 0.6 is 22.9 Å². The molecular formula is C16H18ClNOS. The Balaban J connectivity index is 1.87. The van der Waals surface area contributed by atoms with Crippen molar-refractivity contribution in [3.05, 3.63) is 35.2 Å². The Hall–Kier alpha value is -1.06. The number of hydrogen-bond donors (Lipinski definition) is 0. The summed E-state index contributed by atoms with van der Waals surface area (Å²) in [5, 5.41) is 1.15. The van der Waals surface area contributed by atoms with Gasteiger partial charge in [-0.25, -0.2) is 0 Å². The van der Waals surface area contributed by atoms with Crippen molar-refractivity contribution in [1.82, 2.24) is 4.90 Å². The molecule has 0 atom stereocenters. The van der Waals surface area contributed by atoms with E-state index in [9.17, 15) is 4.79 Å². The molecular weight excluding hydrogens is 290 g/mol. The number of nitrogens with zero attached hydrogens (tertiary/aromatic N) is 1. The number of fused-ring (bicyclic) bond motifs is 1. The standard InChI is InChI=1S/C16H18ClNOS/c17-9-10-18(13-6-2-3-7-13)16(19)15-11-12-5-1-4-8-14(12)20-15/h1,4-5,8,11,13H,2-3,6-7,9-10H2. The van der Waals surface area contributed by atoms with Gasteiger partial charge < -0.3 is 4.90 Å². The molecule has 0 spiro atoms. The van der Waals surface area contributed by atoms with Gasteiger partial charge >= 0.3 is 0 Å². The van der Waals surface area contributed by atoms with Crippen LogP contribution in [0.25, 0.3) is 10.1 Å². The van der Waals surface area contributed by atoms with Crippen molar-refractivity contribution < 1.29 is 4.79 Å². The Morgan fingerprint density at radius 2 is 2.05 bits per heavy atom. The van der Waals surface area contributed by atoms with Gasteiger partial charge in [0.05, 0.1) is 4.88 Å². The predicted octanol–water partition coefficient (Wildman–Crippen LogP) is 4.52. The van der Waals surface area contributed by atoms with Crippen molar-refractivity contribution in [2.75, 3.05) is 12.4 Å². The van der Waals surface area contributed by atoms with Gasteiger partial charge in [0.25, 0.3) is 5.91 Å². The van der Waals surface area contributed by atoms with Crippen LogP contribution in [0.4, 0.5) is 0 Å². The number of benzene rings is 1. The summed E-state index contributed by atoms with van der Waals surface area (Å²) in [4.78, 5) is 15.6. The SMILES string of the molecule is O=C(c1cc2ccccc2s1)N(CCCl)C1CCCC1. The molecule has 0 aliphatic heterocycles. The van der Waals surface area contributed by atoms with Crippen molar-refractivity contribution >= 4 is 38.9 Å². The third-order valence-electron chi connectivity index (χ3n) is 3.99. The summed E-state index contributed by atoms with van der Waals surface area (Å²) >= 11 is 7.48. The Morgan fingerprint density at radius 1 is 1.30 bits per heavy atom. The van der Waals surface area contributed by atoms with Crippen molar-refractivity contribution in [3.8, 4) is 0 Å². The lowest BCUT2D eigenvalue weighted by molar-refractivity contribution is 0.0700. The highest BCUT2D eigenvalue weighted by molar-refractivity contribution is 7.20. The van der Waals surface area contributed by atoms with Crippen molar-refractivity contribution in [3.63, 3.8) is 0 Å². The maximum absolute atomic E-state index is 12.8. The molecule has 1 aromatic heterocycles. The summed E-state index contributed by atoms with van der Waals surface area (Å²) in [7, 11) is 0. The topological polar surface area (TPSA) is 20.3 Å². The van der Waals surface area contributed by atoms with E-state index in [1.54, 1.807) is 11.3 Å². The first-order valence-corrected chi connectivity index (χ1v) is 8.50. The number of amides is 1. The summed E-state index contributed by atoms with van der Waals surface area (Å²) in [6.07, 6.45) is 4.69. The second-order valence-corrected chi connectivity index (χ2v) is 6.74. The van der Waals surface area contributed by atoms with E-state index in [0.29, 0.717) is 18.5 Å². The zero-order valence-electron chi connectivity index (χ0n) is 11.3. The zero-order chi connectivity index (χ0) is 13.9. The van der Waals surface area contributed by atoms with Crippen LogP contribution in [0.5, 0.6) is 0 Å². The minimum atomic E-state index is 0.152. The fourth-order valence-electron chi connectivity index (χ4n) is 2.99. The summed E-state index contributed by atoms with van der Waals surface area (Å²) in [6.45, 7) is 0.652. The number of halogens is 1. The Kier molecular flexibility index (Phi) is 4.27. The van der Waals surface area contributed by atoms with Crippen LogP contribution in [0.2, 0.25) is 0 Å². The molecule has 0 unspecified atom stereocenters. The van der Waals surface area contributed by atoms with Gasteiger partial charge in [-0.1, -0.05) is 31.0 Å². The first kappa shape index (κ1) is 13.9. The summed E-state index contributed by atoms with van der Waals surface area (Å²) < 4.78 is 1.17. The quantitative estimate of drug-likeness (QED) is 0.760. The van der Waals surface area contributed by atoms with Crippen LogP contribution in [-0.4, -0.2) is 29.3 Å². The van der Waals surface area contributed by atoms with E-state index in [4.69, 9.17) is 11.6 Å². The summed E-state index contributed by atoms with van der Waals surface area (Å²) in [6, 6.07) is 10.5. The third-order valence-corrected chi connectivity index (χ3v) is 5.26. The van der Waals surface area contributed by atoms with Gasteiger partial charge in [-0.3, -0.25) is 4.79 Å². The molecule has 1 saturated carbocycles. The monoisotopic (exact) mass is 307 g/mol. The number of hydrogen-bond acceptors (Lipinski definition) is 2. The molecule has 1 amide bonds. The Morgan fingerprint density at radius 3 is 2.75 bits per heavy atom. The van der Waals surface area contributed by atoms with Crippen LogP contribution in [-0.2, 0) is 0 Å². The van der Waals surface area contributed by atoms with Gasteiger partial charge in [-0.05, 0) is 30.4 Å². The molecule has 1 aliphatic carbocycles. The molecule has 0 bridgehead atoms.